The minimum absolute atomic E-state index is 0.0151. The van der Waals surface area contributed by atoms with Crippen molar-refractivity contribution in [3.05, 3.63) is 73.6 Å². The van der Waals surface area contributed by atoms with Crippen molar-refractivity contribution in [1.29, 1.82) is 0 Å². The molecule has 3 aliphatic rings. The van der Waals surface area contributed by atoms with Crippen LogP contribution in [-0.4, -0.2) is 56.5 Å². The van der Waals surface area contributed by atoms with Crippen LogP contribution in [0.5, 0.6) is 0 Å². The smallest absolute Gasteiger partial charge is 0.343 e. The zero-order chi connectivity index (χ0) is 35.2. The number of pyridine rings is 2. The summed E-state index contributed by atoms with van der Waals surface area (Å²) in [4.78, 5) is 45.1. The summed E-state index contributed by atoms with van der Waals surface area (Å²) in [5.74, 6) is -1.60. The van der Waals surface area contributed by atoms with Crippen molar-refractivity contribution < 1.29 is 28.2 Å². The number of cyclic esters (lactones) is 1. The average molecular weight is 689 g/mol. The van der Waals surface area contributed by atoms with E-state index in [1.54, 1.807) is 35.4 Å². The van der Waals surface area contributed by atoms with Crippen molar-refractivity contribution in [1.82, 2.24) is 29.9 Å². The zero-order valence-electron chi connectivity index (χ0n) is 28.9. The summed E-state index contributed by atoms with van der Waals surface area (Å²) in [6.45, 7) is 15.1. The number of ether oxygens (including phenoxy) is 1. The Morgan fingerprint density at radius 2 is 1.98 bits per heavy atom. The van der Waals surface area contributed by atoms with Gasteiger partial charge in [0, 0.05) is 22.6 Å². The molecule has 0 saturated heterocycles. The molecule has 0 radical (unpaired) electrons. The fourth-order valence-corrected chi connectivity index (χ4v) is 8.09. The van der Waals surface area contributed by atoms with Gasteiger partial charge in [-0.05, 0) is 67.1 Å². The van der Waals surface area contributed by atoms with E-state index in [0.717, 1.165) is 22.1 Å². The van der Waals surface area contributed by atoms with E-state index in [9.17, 15) is 19.5 Å². The van der Waals surface area contributed by atoms with Crippen LogP contribution in [0.2, 0.25) is 18.1 Å². The quantitative estimate of drug-likeness (QED) is 0.185. The van der Waals surface area contributed by atoms with Crippen LogP contribution in [0, 0.1) is 12.7 Å². The second-order valence-corrected chi connectivity index (χ2v) is 19.7. The van der Waals surface area contributed by atoms with E-state index in [1.807, 2.05) is 0 Å². The summed E-state index contributed by atoms with van der Waals surface area (Å²) in [6.07, 6.45) is 2.62. The second-order valence-electron chi connectivity index (χ2n) is 14.9. The maximum Gasteiger partial charge on any atom is 0.343 e. The third kappa shape index (κ3) is 5.14. The van der Waals surface area contributed by atoms with Gasteiger partial charge < -0.3 is 24.2 Å². The lowest BCUT2D eigenvalue weighted by Gasteiger charge is -2.36. The molecule has 3 aromatic heterocycles. The molecule has 2 N–H and O–H groups in total. The number of nitrogens with zero attached hydrogens (tertiary/aromatic N) is 5. The van der Waals surface area contributed by atoms with Crippen molar-refractivity contribution in [2.75, 3.05) is 6.61 Å². The fraction of sp³-hybridized carbons (Fsp3) is 0.486. The SMILES string of the molecule is CC[C@@]1(O)C(=O)OCc2c1cc1n(c2=O)Cc2c-1nc1cc(F)c(C)c3c1c2[C@@H](NC(=O)c1cn(CCO[Si](C)(C)C(C)(C)C)nn1)CC3. The molecule has 2 atom stereocenters. The lowest BCUT2D eigenvalue weighted by molar-refractivity contribution is -0.172. The summed E-state index contributed by atoms with van der Waals surface area (Å²) in [7, 11) is -1.94. The number of benzene rings is 1. The predicted molar refractivity (Wildman–Crippen MR) is 181 cm³/mol. The van der Waals surface area contributed by atoms with Crippen molar-refractivity contribution in [3.63, 3.8) is 0 Å². The number of aromatic nitrogens is 5. The number of aliphatic hydroxyl groups is 1. The lowest BCUT2D eigenvalue weighted by atomic mass is 9.81. The molecule has 0 spiro atoms. The highest BCUT2D eigenvalue weighted by molar-refractivity contribution is 6.74. The van der Waals surface area contributed by atoms with Crippen LogP contribution in [0.4, 0.5) is 4.39 Å². The highest BCUT2D eigenvalue weighted by Crippen LogP contribution is 2.46. The molecule has 4 aromatic rings. The summed E-state index contributed by atoms with van der Waals surface area (Å²) >= 11 is 0. The molecule has 5 heterocycles. The number of hydrogen-bond donors (Lipinski definition) is 2. The monoisotopic (exact) mass is 688 g/mol. The van der Waals surface area contributed by atoms with E-state index in [2.05, 4.69) is 49.5 Å². The van der Waals surface area contributed by atoms with Gasteiger partial charge in [-0.25, -0.2) is 18.9 Å². The van der Waals surface area contributed by atoms with Crippen molar-refractivity contribution >= 4 is 31.1 Å². The molecule has 1 aliphatic carbocycles. The van der Waals surface area contributed by atoms with Crippen molar-refractivity contribution in [3.8, 4) is 11.4 Å². The van der Waals surface area contributed by atoms with Gasteiger partial charge in [-0.3, -0.25) is 9.59 Å². The summed E-state index contributed by atoms with van der Waals surface area (Å²) in [5.41, 5.74) is 2.31. The van der Waals surface area contributed by atoms with E-state index in [0.29, 0.717) is 48.5 Å². The van der Waals surface area contributed by atoms with Gasteiger partial charge in [0.1, 0.15) is 12.4 Å². The largest absolute Gasteiger partial charge is 0.458 e. The minimum atomic E-state index is -1.97. The molecule has 0 bridgehead atoms. The molecule has 12 nitrogen and oxygen atoms in total. The minimum Gasteiger partial charge on any atom is -0.458 e. The number of aryl methyl sites for hydroxylation is 1. The molecule has 0 fully saturated rings. The van der Waals surface area contributed by atoms with Gasteiger partial charge in [0.05, 0.1) is 54.4 Å². The molecule has 49 heavy (non-hydrogen) atoms. The average Bonchev–Trinajstić information content (AvgIpc) is 3.67. The normalized spacial score (nSPS) is 19.8. The molecule has 0 unspecified atom stereocenters. The first kappa shape index (κ1) is 33.2. The maximum absolute atomic E-state index is 15.2. The summed E-state index contributed by atoms with van der Waals surface area (Å²) < 4.78 is 29.9. The number of hydrogen-bond acceptors (Lipinski definition) is 9. The van der Waals surface area contributed by atoms with Gasteiger partial charge in [-0.15, -0.1) is 5.10 Å². The number of carbonyl (C=O) groups is 2. The predicted octanol–water partition coefficient (Wildman–Crippen LogP) is 4.56. The van der Waals surface area contributed by atoms with E-state index in [4.69, 9.17) is 14.1 Å². The maximum atomic E-state index is 15.2. The molecule has 0 saturated carbocycles. The van der Waals surface area contributed by atoms with Crippen molar-refractivity contribution in [2.24, 2.45) is 0 Å². The molecule has 14 heteroatoms. The van der Waals surface area contributed by atoms with Crippen LogP contribution in [-0.2, 0) is 45.7 Å². The Bertz CT molecular complexity index is 2140. The number of halogens is 1. The molecule has 258 valence electrons. The van der Waals surface area contributed by atoms with E-state index >= 15 is 4.39 Å². The standard InChI is InChI=1S/C35H41FN6O6Si/c1-8-35(46)22-13-27-30-20(15-42(27)32(44)21(22)17-47-33(35)45)29-24(10-9-19-18(2)23(36)14-25(37-30)28(19)29)38-31(43)26-16-41(40-39-26)11-12-48-49(6,7)34(3,4)5/h13-14,16,24,46H,8-12,15,17H2,1-7H3,(H,38,43)/t24-,35-/m0/s1. The topological polar surface area (TPSA) is 150 Å². The molecule has 2 aliphatic heterocycles. The number of nitrogens with one attached hydrogen (secondary N) is 1. The first-order chi connectivity index (χ1) is 23.1. The number of rotatable bonds is 7. The molecule has 1 amide bonds. The first-order valence-corrected chi connectivity index (χ1v) is 19.6. The second kappa shape index (κ2) is 11.4. The Balaban J connectivity index is 1.25. The highest BCUT2D eigenvalue weighted by Gasteiger charge is 2.46. The number of esters is 1. The van der Waals surface area contributed by atoms with Crippen LogP contribution in [0.15, 0.2) is 23.1 Å². The van der Waals surface area contributed by atoms with Crippen LogP contribution < -0.4 is 10.9 Å². The lowest BCUT2D eigenvalue weighted by Crippen LogP contribution is -2.44. The van der Waals surface area contributed by atoms with Gasteiger partial charge in [0.25, 0.3) is 11.5 Å². The van der Waals surface area contributed by atoms with Crippen LogP contribution in [0.25, 0.3) is 22.3 Å². The van der Waals surface area contributed by atoms with E-state index < -0.39 is 37.4 Å². The number of fused-ring (bicyclic) bond motifs is 5. The van der Waals surface area contributed by atoms with Gasteiger partial charge in [0.2, 0.25) is 0 Å². The first-order valence-electron chi connectivity index (χ1n) is 16.7. The fourth-order valence-electron chi connectivity index (χ4n) is 7.05. The van der Waals surface area contributed by atoms with E-state index in [-0.39, 0.29) is 47.2 Å². The van der Waals surface area contributed by atoms with Crippen LogP contribution in [0.3, 0.4) is 0 Å². The third-order valence-corrected chi connectivity index (χ3v) is 15.6. The highest BCUT2D eigenvalue weighted by atomic mass is 28.4. The summed E-state index contributed by atoms with van der Waals surface area (Å²) in [6, 6.07) is 2.53. The van der Waals surface area contributed by atoms with Crippen LogP contribution in [0.1, 0.15) is 90.4 Å². The van der Waals surface area contributed by atoms with Gasteiger partial charge in [0.15, 0.2) is 19.6 Å². The van der Waals surface area contributed by atoms with Gasteiger partial charge >= 0.3 is 5.97 Å². The molecule has 7 rings (SSSR count). The van der Waals surface area contributed by atoms with Gasteiger partial charge in [-0.1, -0.05) is 32.9 Å². The van der Waals surface area contributed by atoms with Crippen LogP contribution >= 0.6 is 0 Å². The molecular formula is C35H41FN6O6Si. The Hall–Kier alpha value is -4.27. The zero-order valence-corrected chi connectivity index (χ0v) is 29.9. The van der Waals surface area contributed by atoms with Crippen molar-refractivity contribution in [2.45, 2.75) is 103 Å². The summed E-state index contributed by atoms with van der Waals surface area (Å²) in [5, 5.41) is 23.6. The third-order valence-electron chi connectivity index (χ3n) is 11.0. The Kier molecular flexibility index (Phi) is 7.72. The number of amides is 1. The Morgan fingerprint density at radius 3 is 2.69 bits per heavy atom. The van der Waals surface area contributed by atoms with E-state index in [1.165, 1.54) is 6.07 Å². The number of carbonyl (C=O) groups excluding carboxylic acids is 2. The molecule has 1 aromatic carbocycles. The Morgan fingerprint density at radius 1 is 1.22 bits per heavy atom. The molecular weight excluding hydrogens is 648 g/mol. The van der Waals surface area contributed by atoms with Gasteiger partial charge in [-0.2, -0.15) is 0 Å². The Labute approximate surface area is 283 Å².